The van der Waals surface area contributed by atoms with Gasteiger partial charge in [-0.05, 0) is 31.2 Å². The standard InChI is InChI=1S/C16H20N4O3S/c1-4-23-9-13-19-20-16(24-13)18-15(22)11-5-7-12(8-6-11)17-14(21)10(2)3/h5-8,10H,4,9H2,1-3H3,(H,17,21)(H,18,20,22). The van der Waals surface area contributed by atoms with Crippen LogP contribution in [0.15, 0.2) is 24.3 Å². The molecule has 0 aliphatic rings. The zero-order chi connectivity index (χ0) is 17.5. The Kier molecular flexibility index (Phi) is 6.39. The van der Waals surface area contributed by atoms with Crippen LogP contribution >= 0.6 is 11.3 Å². The topological polar surface area (TPSA) is 93.2 Å². The number of amides is 2. The Morgan fingerprint density at radius 2 is 1.88 bits per heavy atom. The molecule has 0 saturated heterocycles. The summed E-state index contributed by atoms with van der Waals surface area (Å²) >= 11 is 1.27. The quantitative estimate of drug-likeness (QED) is 0.802. The van der Waals surface area contributed by atoms with Crippen LogP contribution in [0.2, 0.25) is 0 Å². The molecular weight excluding hydrogens is 328 g/mol. The molecule has 0 aliphatic carbocycles. The van der Waals surface area contributed by atoms with Crippen molar-refractivity contribution >= 4 is 34.0 Å². The SMILES string of the molecule is CCOCc1nnc(NC(=O)c2ccc(NC(=O)C(C)C)cc2)s1. The first kappa shape index (κ1) is 18.0. The number of carbonyl (C=O) groups is 2. The van der Waals surface area contributed by atoms with Gasteiger partial charge >= 0.3 is 0 Å². The Hall–Kier alpha value is -2.32. The third-order valence-electron chi connectivity index (χ3n) is 3.06. The maximum Gasteiger partial charge on any atom is 0.257 e. The van der Waals surface area contributed by atoms with E-state index in [1.54, 1.807) is 24.3 Å². The molecule has 0 radical (unpaired) electrons. The molecule has 2 aromatic rings. The van der Waals surface area contributed by atoms with Crippen LogP contribution in [0.5, 0.6) is 0 Å². The fourth-order valence-corrected chi connectivity index (χ4v) is 2.39. The van der Waals surface area contributed by atoms with Gasteiger partial charge in [0.1, 0.15) is 11.6 Å². The highest BCUT2D eigenvalue weighted by Gasteiger charge is 2.11. The fourth-order valence-electron chi connectivity index (χ4n) is 1.71. The number of aromatic nitrogens is 2. The second-order valence-electron chi connectivity index (χ2n) is 5.31. The number of nitrogens with zero attached hydrogens (tertiary/aromatic N) is 2. The van der Waals surface area contributed by atoms with Crippen molar-refractivity contribution in [3.05, 3.63) is 34.8 Å². The highest BCUT2D eigenvalue weighted by Crippen LogP contribution is 2.18. The van der Waals surface area contributed by atoms with Gasteiger partial charge in [-0.1, -0.05) is 25.2 Å². The third kappa shape index (κ3) is 5.10. The van der Waals surface area contributed by atoms with Crippen molar-refractivity contribution in [1.29, 1.82) is 0 Å². The van der Waals surface area contributed by atoms with E-state index in [1.807, 2.05) is 20.8 Å². The van der Waals surface area contributed by atoms with Crippen LogP contribution in [-0.4, -0.2) is 28.6 Å². The highest BCUT2D eigenvalue weighted by atomic mass is 32.1. The lowest BCUT2D eigenvalue weighted by Gasteiger charge is -2.08. The summed E-state index contributed by atoms with van der Waals surface area (Å²) in [6.45, 7) is 6.52. The van der Waals surface area contributed by atoms with Gasteiger partial charge < -0.3 is 10.1 Å². The average Bonchev–Trinajstić information content (AvgIpc) is 3.00. The molecule has 1 heterocycles. The molecule has 2 N–H and O–H groups in total. The highest BCUT2D eigenvalue weighted by molar-refractivity contribution is 7.15. The summed E-state index contributed by atoms with van der Waals surface area (Å²) in [5, 5.41) is 14.5. The van der Waals surface area contributed by atoms with Gasteiger partial charge in [0.05, 0.1) is 0 Å². The van der Waals surface area contributed by atoms with Gasteiger partial charge in [-0.2, -0.15) is 0 Å². The molecule has 0 bridgehead atoms. The van der Waals surface area contributed by atoms with E-state index in [2.05, 4.69) is 20.8 Å². The second-order valence-corrected chi connectivity index (χ2v) is 6.38. The molecule has 0 spiro atoms. The summed E-state index contributed by atoms with van der Waals surface area (Å²) in [5.41, 5.74) is 1.12. The first-order chi connectivity index (χ1) is 11.5. The normalized spacial score (nSPS) is 10.7. The van der Waals surface area contributed by atoms with Crippen molar-refractivity contribution in [3.8, 4) is 0 Å². The van der Waals surface area contributed by atoms with E-state index in [1.165, 1.54) is 11.3 Å². The molecule has 0 saturated carbocycles. The molecule has 1 aromatic heterocycles. The van der Waals surface area contributed by atoms with Crippen LogP contribution in [0.25, 0.3) is 0 Å². The number of carbonyl (C=O) groups excluding carboxylic acids is 2. The van der Waals surface area contributed by atoms with E-state index in [0.29, 0.717) is 34.6 Å². The summed E-state index contributed by atoms with van der Waals surface area (Å²) in [6.07, 6.45) is 0. The lowest BCUT2D eigenvalue weighted by molar-refractivity contribution is -0.118. The minimum absolute atomic E-state index is 0.0668. The number of nitrogens with one attached hydrogen (secondary N) is 2. The van der Waals surface area contributed by atoms with Gasteiger partial charge in [-0.3, -0.25) is 14.9 Å². The van der Waals surface area contributed by atoms with E-state index in [4.69, 9.17) is 4.74 Å². The van der Waals surface area contributed by atoms with Gasteiger partial charge in [0.2, 0.25) is 11.0 Å². The van der Waals surface area contributed by atoms with Gasteiger partial charge in [0.25, 0.3) is 5.91 Å². The summed E-state index contributed by atoms with van der Waals surface area (Å²) in [7, 11) is 0. The largest absolute Gasteiger partial charge is 0.374 e. The number of hydrogen-bond donors (Lipinski definition) is 2. The van der Waals surface area contributed by atoms with Gasteiger partial charge in [-0.15, -0.1) is 10.2 Å². The number of anilines is 2. The van der Waals surface area contributed by atoms with Crippen molar-refractivity contribution in [1.82, 2.24) is 10.2 Å². The monoisotopic (exact) mass is 348 g/mol. The molecule has 0 atom stereocenters. The Labute approximate surface area is 144 Å². The van der Waals surface area contributed by atoms with Crippen molar-refractivity contribution in [3.63, 3.8) is 0 Å². The molecular formula is C16H20N4O3S. The van der Waals surface area contributed by atoms with E-state index < -0.39 is 0 Å². The predicted octanol–water partition coefficient (Wildman–Crippen LogP) is 2.92. The molecule has 24 heavy (non-hydrogen) atoms. The summed E-state index contributed by atoms with van der Waals surface area (Å²) < 4.78 is 5.24. The zero-order valence-corrected chi connectivity index (χ0v) is 14.6. The lowest BCUT2D eigenvalue weighted by atomic mass is 10.1. The van der Waals surface area contributed by atoms with Crippen LogP contribution in [0, 0.1) is 5.92 Å². The lowest BCUT2D eigenvalue weighted by Crippen LogP contribution is -2.18. The van der Waals surface area contributed by atoms with E-state index in [-0.39, 0.29) is 17.7 Å². The fraction of sp³-hybridized carbons (Fsp3) is 0.375. The molecule has 7 nitrogen and oxygen atoms in total. The molecule has 0 fully saturated rings. The second kappa shape index (κ2) is 8.51. The molecule has 2 amide bonds. The van der Waals surface area contributed by atoms with Gasteiger partial charge in [-0.25, -0.2) is 0 Å². The Morgan fingerprint density at radius 1 is 1.17 bits per heavy atom. The van der Waals surface area contributed by atoms with Crippen LogP contribution < -0.4 is 10.6 Å². The number of benzene rings is 1. The van der Waals surface area contributed by atoms with Crippen LogP contribution in [0.1, 0.15) is 36.1 Å². The minimum atomic E-state index is -0.282. The summed E-state index contributed by atoms with van der Waals surface area (Å²) in [5.74, 6) is -0.449. The van der Waals surface area contributed by atoms with Crippen LogP contribution in [0.3, 0.4) is 0 Å². The van der Waals surface area contributed by atoms with Crippen LogP contribution in [0.4, 0.5) is 10.8 Å². The number of rotatable bonds is 7. The van der Waals surface area contributed by atoms with Gasteiger partial charge in [0.15, 0.2) is 0 Å². The Bertz CT molecular complexity index is 698. The maximum atomic E-state index is 12.2. The maximum absolute atomic E-state index is 12.2. The molecule has 128 valence electrons. The van der Waals surface area contributed by atoms with Crippen molar-refractivity contribution < 1.29 is 14.3 Å². The number of ether oxygens (including phenoxy) is 1. The summed E-state index contributed by atoms with van der Waals surface area (Å²) in [4.78, 5) is 23.8. The number of hydrogen-bond acceptors (Lipinski definition) is 6. The van der Waals surface area contributed by atoms with E-state index >= 15 is 0 Å². The van der Waals surface area contributed by atoms with E-state index in [0.717, 1.165) is 0 Å². The molecule has 8 heteroatoms. The Balaban J connectivity index is 1.95. The first-order valence-electron chi connectivity index (χ1n) is 7.62. The zero-order valence-electron chi connectivity index (χ0n) is 13.8. The third-order valence-corrected chi connectivity index (χ3v) is 3.87. The molecule has 0 unspecified atom stereocenters. The molecule has 0 aliphatic heterocycles. The van der Waals surface area contributed by atoms with E-state index in [9.17, 15) is 9.59 Å². The van der Waals surface area contributed by atoms with Crippen molar-refractivity contribution in [2.75, 3.05) is 17.2 Å². The molecule has 2 rings (SSSR count). The van der Waals surface area contributed by atoms with Crippen molar-refractivity contribution in [2.45, 2.75) is 27.4 Å². The predicted molar refractivity (Wildman–Crippen MR) is 93.1 cm³/mol. The van der Waals surface area contributed by atoms with Crippen molar-refractivity contribution in [2.24, 2.45) is 5.92 Å². The average molecular weight is 348 g/mol. The molecule has 1 aromatic carbocycles. The van der Waals surface area contributed by atoms with Gasteiger partial charge in [0, 0.05) is 23.8 Å². The first-order valence-corrected chi connectivity index (χ1v) is 8.43. The summed E-state index contributed by atoms with van der Waals surface area (Å²) in [6, 6.07) is 6.67. The smallest absolute Gasteiger partial charge is 0.257 e. The minimum Gasteiger partial charge on any atom is -0.374 e. The van der Waals surface area contributed by atoms with Crippen LogP contribution in [-0.2, 0) is 16.1 Å². The Morgan fingerprint density at radius 3 is 2.50 bits per heavy atom.